The van der Waals surface area contributed by atoms with Crippen LogP contribution in [0.15, 0.2) is 42.5 Å². The van der Waals surface area contributed by atoms with E-state index in [0.29, 0.717) is 0 Å². The van der Waals surface area contributed by atoms with Crippen LogP contribution >= 0.6 is 0 Å². The molecular formula is C20H24N2O. The fourth-order valence-corrected chi connectivity index (χ4v) is 3.48. The Balaban J connectivity index is 1.78. The molecule has 2 aromatic rings. The van der Waals surface area contributed by atoms with Gasteiger partial charge in [-0.3, -0.25) is 0 Å². The van der Waals surface area contributed by atoms with Crippen LogP contribution in [0.1, 0.15) is 41.1 Å². The SMILES string of the molecule is Cc1cc(C)cc(NC(=O)N2CCC[C@@H]2c2cccc(C)c2)c1. The molecule has 1 saturated heterocycles. The molecule has 0 radical (unpaired) electrons. The van der Waals surface area contributed by atoms with E-state index in [1.54, 1.807) is 0 Å². The molecule has 120 valence electrons. The molecule has 1 N–H and O–H groups in total. The van der Waals surface area contributed by atoms with Crippen LogP contribution < -0.4 is 5.32 Å². The maximum absolute atomic E-state index is 12.7. The molecule has 0 saturated carbocycles. The fourth-order valence-electron chi connectivity index (χ4n) is 3.48. The van der Waals surface area contributed by atoms with Crippen molar-refractivity contribution < 1.29 is 4.79 Å². The van der Waals surface area contributed by atoms with Crippen molar-refractivity contribution in [1.82, 2.24) is 4.90 Å². The maximum atomic E-state index is 12.7. The Hall–Kier alpha value is -2.29. The first-order valence-corrected chi connectivity index (χ1v) is 8.25. The van der Waals surface area contributed by atoms with Gasteiger partial charge in [-0.1, -0.05) is 35.9 Å². The van der Waals surface area contributed by atoms with Gasteiger partial charge in [-0.25, -0.2) is 4.79 Å². The van der Waals surface area contributed by atoms with Crippen molar-refractivity contribution in [2.24, 2.45) is 0 Å². The summed E-state index contributed by atoms with van der Waals surface area (Å²) in [5.74, 6) is 0. The van der Waals surface area contributed by atoms with Gasteiger partial charge in [-0.05, 0) is 62.4 Å². The number of nitrogens with zero attached hydrogens (tertiary/aromatic N) is 1. The minimum Gasteiger partial charge on any atom is -0.317 e. The Morgan fingerprint density at radius 1 is 1.04 bits per heavy atom. The van der Waals surface area contributed by atoms with E-state index in [4.69, 9.17) is 0 Å². The Kier molecular flexibility index (Phi) is 4.37. The van der Waals surface area contributed by atoms with E-state index in [-0.39, 0.29) is 12.1 Å². The van der Waals surface area contributed by atoms with Crippen molar-refractivity contribution in [1.29, 1.82) is 0 Å². The van der Waals surface area contributed by atoms with Crippen molar-refractivity contribution in [2.45, 2.75) is 39.7 Å². The average Bonchev–Trinajstić information content (AvgIpc) is 2.95. The number of likely N-dealkylation sites (tertiary alicyclic amines) is 1. The number of anilines is 1. The molecule has 3 nitrogen and oxygen atoms in total. The molecule has 0 aromatic heterocycles. The van der Waals surface area contributed by atoms with Gasteiger partial charge in [-0.2, -0.15) is 0 Å². The molecular weight excluding hydrogens is 284 g/mol. The van der Waals surface area contributed by atoms with Crippen molar-refractivity contribution in [3.8, 4) is 0 Å². The van der Waals surface area contributed by atoms with Crippen LogP contribution in [-0.4, -0.2) is 17.5 Å². The lowest BCUT2D eigenvalue weighted by molar-refractivity contribution is 0.207. The lowest BCUT2D eigenvalue weighted by Gasteiger charge is -2.26. The summed E-state index contributed by atoms with van der Waals surface area (Å²) in [6.45, 7) is 7.01. The highest BCUT2D eigenvalue weighted by Crippen LogP contribution is 2.32. The number of aryl methyl sites for hydroxylation is 3. The van der Waals surface area contributed by atoms with E-state index in [0.717, 1.165) is 36.2 Å². The number of carbonyl (C=O) groups is 1. The first kappa shape index (κ1) is 15.6. The number of rotatable bonds is 2. The standard InChI is InChI=1S/C20H24N2O/c1-14-6-4-7-17(11-14)19-8-5-9-22(19)20(23)21-18-12-15(2)10-16(3)13-18/h4,6-7,10-13,19H,5,8-9H2,1-3H3,(H,21,23)/t19-/m1/s1. The molecule has 2 aromatic carbocycles. The molecule has 3 heteroatoms. The van der Waals surface area contributed by atoms with E-state index >= 15 is 0 Å². The second kappa shape index (κ2) is 6.45. The Morgan fingerprint density at radius 2 is 1.78 bits per heavy atom. The van der Waals surface area contributed by atoms with E-state index in [2.05, 4.69) is 42.6 Å². The zero-order chi connectivity index (χ0) is 16.4. The Bertz CT molecular complexity index is 703. The molecule has 0 spiro atoms. The lowest BCUT2D eigenvalue weighted by atomic mass is 10.0. The molecule has 0 aliphatic carbocycles. The largest absolute Gasteiger partial charge is 0.322 e. The minimum atomic E-state index is -0.000920. The van der Waals surface area contributed by atoms with E-state index in [1.165, 1.54) is 11.1 Å². The molecule has 1 heterocycles. The van der Waals surface area contributed by atoms with Gasteiger partial charge in [0.15, 0.2) is 0 Å². The van der Waals surface area contributed by atoms with Gasteiger partial charge < -0.3 is 10.2 Å². The van der Waals surface area contributed by atoms with Crippen molar-refractivity contribution in [3.63, 3.8) is 0 Å². The maximum Gasteiger partial charge on any atom is 0.322 e. The van der Waals surface area contributed by atoms with E-state index in [9.17, 15) is 4.79 Å². The molecule has 1 aliphatic rings. The topological polar surface area (TPSA) is 32.3 Å². The summed E-state index contributed by atoms with van der Waals surface area (Å²) in [5, 5.41) is 3.07. The zero-order valence-electron chi connectivity index (χ0n) is 14.1. The molecule has 0 bridgehead atoms. The van der Waals surface area contributed by atoms with E-state index < -0.39 is 0 Å². The molecule has 23 heavy (non-hydrogen) atoms. The smallest absolute Gasteiger partial charge is 0.317 e. The quantitative estimate of drug-likeness (QED) is 0.833. The minimum absolute atomic E-state index is 0.000920. The number of hydrogen-bond donors (Lipinski definition) is 1. The third-order valence-corrected chi connectivity index (χ3v) is 4.41. The summed E-state index contributed by atoms with van der Waals surface area (Å²) >= 11 is 0. The summed E-state index contributed by atoms with van der Waals surface area (Å²) in [6, 6.07) is 14.8. The van der Waals surface area contributed by atoms with Crippen LogP contribution in [0.25, 0.3) is 0 Å². The zero-order valence-corrected chi connectivity index (χ0v) is 14.1. The average molecular weight is 308 g/mol. The van der Waals surface area contributed by atoms with Gasteiger partial charge in [-0.15, -0.1) is 0 Å². The van der Waals surface area contributed by atoms with Crippen LogP contribution in [0.3, 0.4) is 0 Å². The monoisotopic (exact) mass is 308 g/mol. The molecule has 0 unspecified atom stereocenters. The third kappa shape index (κ3) is 3.55. The predicted octanol–water partition coefficient (Wildman–Crippen LogP) is 4.98. The van der Waals surface area contributed by atoms with Crippen LogP contribution in [0, 0.1) is 20.8 Å². The molecule has 1 fully saturated rings. The van der Waals surface area contributed by atoms with E-state index in [1.807, 2.05) is 30.9 Å². The van der Waals surface area contributed by atoms with Gasteiger partial charge in [0.05, 0.1) is 6.04 Å². The highest BCUT2D eigenvalue weighted by atomic mass is 16.2. The first-order chi connectivity index (χ1) is 11.0. The van der Waals surface area contributed by atoms with Gasteiger partial charge in [0, 0.05) is 12.2 Å². The molecule has 2 amide bonds. The highest BCUT2D eigenvalue weighted by molar-refractivity contribution is 5.90. The summed E-state index contributed by atoms with van der Waals surface area (Å²) in [6.07, 6.45) is 2.09. The van der Waals surface area contributed by atoms with Crippen LogP contribution in [0.2, 0.25) is 0 Å². The normalized spacial score (nSPS) is 17.3. The van der Waals surface area contributed by atoms with Crippen molar-refractivity contribution in [3.05, 3.63) is 64.7 Å². The lowest BCUT2D eigenvalue weighted by Crippen LogP contribution is -2.34. The highest BCUT2D eigenvalue weighted by Gasteiger charge is 2.30. The van der Waals surface area contributed by atoms with Crippen molar-refractivity contribution in [2.75, 3.05) is 11.9 Å². The number of hydrogen-bond acceptors (Lipinski definition) is 1. The van der Waals surface area contributed by atoms with Gasteiger partial charge in [0.25, 0.3) is 0 Å². The summed E-state index contributed by atoms with van der Waals surface area (Å²) in [4.78, 5) is 14.7. The second-order valence-corrected chi connectivity index (χ2v) is 6.57. The number of urea groups is 1. The molecule has 1 aliphatic heterocycles. The van der Waals surface area contributed by atoms with Crippen LogP contribution in [0.5, 0.6) is 0 Å². The second-order valence-electron chi connectivity index (χ2n) is 6.57. The van der Waals surface area contributed by atoms with Crippen LogP contribution in [0.4, 0.5) is 10.5 Å². The Morgan fingerprint density at radius 3 is 2.48 bits per heavy atom. The summed E-state index contributed by atoms with van der Waals surface area (Å²) < 4.78 is 0. The predicted molar refractivity (Wildman–Crippen MR) is 94.8 cm³/mol. The number of carbonyl (C=O) groups excluding carboxylic acids is 1. The van der Waals surface area contributed by atoms with Gasteiger partial charge in [0.1, 0.15) is 0 Å². The van der Waals surface area contributed by atoms with Crippen molar-refractivity contribution >= 4 is 11.7 Å². The number of amides is 2. The fraction of sp³-hybridized carbons (Fsp3) is 0.350. The van der Waals surface area contributed by atoms with Crippen LogP contribution in [-0.2, 0) is 0 Å². The summed E-state index contributed by atoms with van der Waals surface area (Å²) in [5.41, 5.74) is 5.68. The number of nitrogens with one attached hydrogen (secondary N) is 1. The third-order valence-electron chi connectivity index (χ3n) is 4.41. The molecule has 3 rings (SSSR count). The first-order valence-electron chi connectivity index (χ1n) is 8.25. The number of benzene rings is 2. The van der Waals surface area contributed by atoms with Gasteiger partial charge >= 0.3 is 6.03 Å². The molecule has 1 atom stereocenters. The summed E-state index contributed by atoms with van der Waals surface area (Å²) in [7, 11) is 0. The van der Waals surface area contributed by atoms with Gasteiger partial charge in [0.2, 0.25) is 0 Å². The Labute approximate surface area is 138 Å².